The zero-order chi connectivity index (χ0) is 12.0. The van der Waals surface area contributed by atoms with Crippen molar-refractivity contribution in [1.29, 1.82) is 5.26 Å². The first kappa shape index (κ1) is 12.0. The van der Waals surface area contributed by atoms with Crippen LogP contribution >= 0.6 is 0 Å². The summed E-state index contributed by atoms with van der Waals surface area (Å²) in [5, 5.41) is 8.70. The lowest BCUT2D eigenvalue weighted by molar-refractivity contribution is -0.141. The third-order valence-corrected chi connectivity index (χ3v) is 1.79. The van der Waals surface area contributed by atoms with Crippen molar-refractivity contribution in [3.05, 3.63) is 29.6 Å². The molecule has 0 fully saturated rings. The molecule has 0 spiro atoms. The van der Waals surface area contributed by atoms with Crippen LogP contribution in [0, 0.1) is 23.2 Å². The molecule has 83 valence electrons. The summed E-state index contributed by atoms with van der Waals surface area (Å²) in [5.41, 5.74) is 0.0705. The molecule has 0 aromatic heterocycles. The van der Waals surface area contributed by atoms with Crippen molar-refractivity contribution in [2.45, 2.75) is 6.42 Å². The lowest BCUT2D eigenvalue weighted by atomic mass is 10.2. The number of esters is 1. The molecule has 0 N–H and O–H groups in total. The maximum Gasteiger partial charge on any atom is 0.308 e. The number of nitrogens with zero attached hydrogens (tertiary/aromatic N) is 1. The van der Waals surface area contributed by atoms with Crippen LogP contribution in [0.3, 0.4) is 0 Å². The Morgan fingerprint density at radius 2 is 2.44 bits per heavy atom. The molecule has 0 heterocycles. The van der Waals surface area contributed by atoms with Crippen molar-refractivity contribution in [3.8, 4) is 11.8 Å². The summed E-state index contributed by atoms with van der Waals surface area (Å²) in [6.07, 6.45) is 0.0682. The standard InChI is InChI=1S/C11H9FNO3/c1-15-11(14)4-5-16-10-3-2-9(12)6-8(10)7-13/h3,6H,4-5H2,1H3. The molecule has 0 aliphatic rings. The van der Waals surface area contributed by atoms with E-state index in [1.807, 2.05) is 0 Å². The molecule has 1 aromatic rings. The molecule has 5 heteroatoms. The summed E-state index contributed by atoms with van der Waals surface area (Å²) in [4.78, 5) is 10.8. The van der Waals surface area contributed by atoms with Gasteiger partial charge in [0, 0.05) is 6.07 Å². The van der Waals surface area contributed by atoms with Crippen LogP contribution in [0.15, 0.2) is 12.1 Å². The average molecular weight is 222 g/mol. The van der Waals surface area contributed by atoms with E-state index in [1.54, 1.807) is 6.07 Å². The second-order valence-electron chi connectivity index (χ2n) is 2.85. The van der Waals surface area contributed by atoms with E-state index in [4.69, 9.17) is 10.00 Å². The normalized spacial score (nSPS) is 9.31. The number of nitriles is 1. The summed E-state index contributed by atoms with van der Waals surface area (Å²) < 4.78 is 22.2. The maximum atomic E-state index is 12.7. The van der Waals surface area contributed by atoms with Crippen LogP contribution in [-0.4, -0.2) is 19.7 Å². The molecule has 1 radical (unpaired) electrons. The van der Waals surface area contributed by atoms with Gasteiger partial charge in [0.25, 0.3) is 0 Å². The molecule has 0 bridgehead atoms. The molecule has 0 saturated heterocycles. The number of hydrogen-bond acceptors (Lipinski definition) is 4. The summed E-state index contributed by atoms with van der Waals surface area (Å²) in [7, 11) is 1.27. The van der Waals surface area contributed by atoms with Crippen LogP contribution in [0.1, 0.15) is 12.0 Å². The van der Waals surface area contributed by atoms with Crippen LogP contribution in [0.2, 0.25) is 0 Å². The molecular weight excluding hydrogens is 213 g/mol. The molecule has 0 unspecified atom stereocenters. The van der Waals surface area contributed by atoms with Crippen molar-refractivity contribution in [2.24, 2.45) is 0 Å². The fraction of sp³-hybridized carbons (Fsp3) is 0.273. The summed E-state index contributed by atoms with van der Waals surface area (Å²) in [5.74, 6) is -0.839. The van der Waals surface area contributed by atoms with Gasteiger partial charge < -0.3 is 9.47 Å². The van der Waals surface area contributed by atoms with Gasteiger partial charge in [-0.2, -0.15) is 5.26 Å². The highest BCUT2D eigenvalue weighted by Crippen LogP contribution is 2.18. The Bertz CT molecular complexity index is 426. The molecule has 0 aliphatic carbocycles. The summed E-state index contributed by atoms with van der Waals surface area (Å²) in [6.45, 7) is 0.0703. The second kappa shape index (κ2) is 5.71. The van der Waals surface area contributed by atoms with Crippen molar-refractivity contribution in [2.75, 3.05) is 13.7 Å². The van der Waals surface area contributed by atoms with Crippen LogP contribution in [0.5, 0.6) is 5.75 Å². The van der Waals surface area contributed by atoms with Gasteiger partial charge in [-0.25, -0.2) is 4.39 Å². The zero-order valence-electron chi connectivity index (χ0n) is 8.62. The SMILES string of the molecule is COC(=O)CCOc1c[c]c(F)cc1C#N. The van der Waals surface area contributed by atoms with Gasteiger partial charge in [0.1, 0.15) is 17.6 Å². The largest absolute Gasteiger partial charge is 0.492 e. The number of carbonyl (C=O) groups excluding carboxylic acids is 1. The molecule has 0 saturated carbocycles. The summed E-state index contributed by atoms with van der Waals surface area (Å²) >= 11 is 0. The fourth-order valence-electron chi connectivity index (χ4n) is 1.00. The highest BCUT2D eigenvalue weighted by molar-refractivity contribution is 5.69. The number of methoxy groups -OCH3 is 1. The third-order valence-electron chi connectivity index (χ3n) is 1.79. The molecule has 1 rings (SSSR count). The first-order valence-electron chi connectivity index (χ1n) is 4.48. The van der Waals surface area contributed by atoms with E-state index < -0.39 is 11.8 Å². The van der Waals surface area contributed by atoms with Crippen molar-refractivity contribution in [1.82, 2.24) is 0 Å². The lowest BCUT2D eigenvalue weighted by Gasteiger charge is -2.06. The minimum atomic E-state index is -0.628. The molecule has 0 amide bonds. The van der Waals surface area contributed by atoms with Gasteiger partial charge in [0.2, 0.25) is 0 Å². The third kappa shape index (κ3) is 3.24. The Labute approximate surface area is 92.2 Å². The number of rotatable bonds is 4. The quantitative estimate of drug-likeness (QED) is 0.723. The van der Waals surface area contributed by atoms with E-state index in [1.165, 1.54) is 13.2 Å². The molecule has 1 aromatic carbocycles. The Morgan fingerprint density at radius 3 is 3.06 bits per heavy atom. The van der Waals surface area contributed by atoms with E-state index in [9.17, 15) is 9.18 Å². The van der Waals surface area contributed by atoms with Crippen LogP contribution in [-0.2, 0) is 9.53 Å². The number of benzene rings is 1. The van der Waals surface area contributed by atoms with Crippen LogP contribution < -0.4 is 4.74 Å². The Kier molecular flexibility index (Phi) is 4.28. The fourth-order valence-corrected chi connectivity index (χ4v) is 1.00. The number of halogens is 1. The van der Waals surface area contributed by atoms with E-state index in [0.717, 1.165) is 6.07 Å². The smallest absolute Gasteiger partial charge is 0.308 e. The zero-order valence-corrected chi connectivity index (χ0v) is 8.62. The minimum Gasteiger partial charge on any atom is -0.492 e. The van der Waals surface area contributed by atoms with Gasteiger partial charge in [-0.15, -0.1) is 0 Å². The highest BCUT2D eigenvalue weighted by atomic mass is 19.1. The molecule has 4 nitrogen and oxygen atoms in total. The molecule has 0 atom stereocenters. The van der Waals surface area contributed by atoms with Gasteiger partial charge in [-0.3, -0.25) is 4.79 Å². The van der Waals surface area contributed by atoms with Crippen molar-refractivity contribution < 1.29 is 18.7 Å². The minimum absolute atomic E-state index is 0.0682. The molecule has 16 heavy (non-hydrogen) atoms. The van der Waals surface area contributed by atoms with E-state index in [-0.39, 0.29) is 24.3 Å². The Hall–Kier alpha value is -2.09. The topological polar surface area (TPSA) is 59.3 Å². The molecule has 0 aliphatic heterocycles. The van der Waals surface area contributed by atoms with Gasteiger partial charge in [-0.1, -0.05) is 0 Å². The van der Waals surface area contributed by atoms with Gasteiger partial charge in [0.15, 0.2) is 0 Å². The van der Waals surface area contributed by atoms with Crippen LogP contribution in [0.25, 0.3) is 0 Å². The predicted molar refractivity (Wildman–Crippen MR) is 52.1 cm³/mol. The van der Waals surface area contributed by atoms with E-state index >= 15 is 0 Å². The van der Waals surface area contributed by atoms with Crippen molar-refractivity contribution in [3.63, 3.8) is 0 Å². The highest BCUT2D eigenvalue weighted by Gasteiger charge is 2.06. The van der Waals surface area contributed by atoms with Gasteiger partial charge in [-0.05, 0) is 12.1 Å². The lowest BCUT2D eigenvalue weighted by Crippen LogP contribution is -2.08. The Balaban J connectivity index is 2.61. The molecular formula is C11H9FNO3. The maximum absolute atomic E-state index is 12.7. The first-order valence-corrected chi connectivity index (χ1v) is 4.48. The van der Waals surface area contributed by atoms with E-state index in [2.05, 4.69) is 10.8 Å². The van der Waals surface area contributed by atoms with Crippen LogP contribution in [0.4, 0.5) is 4.39 Å². The monoisotopic (exact) mass is 222 g/mol. The number of hydrogen-bond donors (Lipinski definition) is 0. The van der Waals surface area contributed by atoms with Gasteiger partial charge >= 0.3 is 5.97 Å². The van der Waals surface area contributed by atoms with E-state index in [0.29, 0.717) is 0 Å². The predicted octanol–water partition coefficient (Wildman–Crippen LogP) is 1.44. The number of ether oxygens (including phenoxy) is 2. The number of carbonyl (C=O) groups is 1. The Morgan fingerprint density at radius 1 is 1.69 bits per heavy atom. The van der Waals surface area contributed by atoms with Gasteiger partial charge in [0.05, 0.1) is 25.7 Å². The summed E-state index contributed by atoms with van der Waals surface area (Å²) in [6, 6.07) is 6.30. The second-order valence-corrected chi connectivity index (χ2v) is 2.85. The first-order chi connectivity index (χ1) is 7.67. The average Bonchev–Trinajstić information content (AvgIpc) is 2.30. The van der Waals surface area contributed by atoms with Crippen molar-refractivity contribution >= 4 is 5.97 Å².